The Bertz CT molecular complexity index is 534. The van der Waals surface area contributed by atoms with Crippen molar-refractivity contribution in [3.8, 4) is 0 Å². The quantitative estimate of drug-likeness (QED) is 0.293. The Morgan fingerprint density at radius 1 is 1.40 bits per heavy atom. The molecule has 0 aliphatic carbocycles. The van der Waals surface area contributed by atoms with Gasteiger partial charge in [-0.25, -0.2) is 10.3 Å². The van der Waals surface area contributed by atoms with Gasteiger partial charge in [-0.1, -0.05) is 6.07 Å². The largest absolute Gasteiger partial charge is 0.454 e. The number of carbonyl (C=O) groups excluding carboxylic acids is 1. The molecule has 108 valence electrons. The van der Waals surface area contributed by atoms with Crippen molar-refractivity contribution in [1.29, 1.82) is 0 Å². The monoisotopic (exact) mass is 280 g/mol. The Kier molecular flexibility index (Phi) is 4.68. The third-order valence-electron chi connectivity index (χ3n) is 1.98. The number of hydrogen-bond donors (Lipinski definition) is 1. The summed E-state index contributed by atoms with van der Waals surface area (Å²) in [5.41, 5.74) is 1.97. The number of benzene rings is 1. The fourth-order valence-electron chi connectivity index (χ4n) is 1.18. The Morgan fingerprint density at radius 3 is 2.60 bits per heavy atom. The molecule has 0 aromatic heterocycles. The van der Waals surface area contributed by atoms with E-state index in [0.29, 0.717) is 5.69 Å². The molecule has 0 amide bonds. The van der Waals surface area contributed by atoms with Crippen LogP contribution in [0, 0.1) is 10.1 Å². The van der Waals surface area contributed by atoms with E-state index in [9.17, 15) is 14.9 Å². The van der Waals surface area contributed by atoms with Gasteiger partial charge in [0.15, 0.2) is 0 Å². The third-order valence-corrected chi connectivity index (χ3v) is 1.98. The molecule has 1 N–H and O–H groups in total. The van der Waals surface area contributed by atoms with E-state index in [4.69, 9.17) is 9.57 Å². The normalized spacial score (nSPS) is 10.6. The van der Waals surface area contributed by atoms with E-state index in [-0.39, 0.29) is 11.4 Å². The third kappa shape index (κ3) is 4.97. The van der Waals surface area contributed by atoms with Crippen molar-refractivity contribution < 1.29 is 19.3 Å². The molecule has 0 saturated heterocycles. The molecule has 0 atom stereocenters. The van der Waals surface area contributed by atoms with Gasteiger partial charge in [0.05, 0.1) is 10.6 Å². The average Bonchev–Trinajstić information content (AvgIpc) is 2.34. The van der Waals surface area contributed by atoms with E-state index in [2.05, 4.69) is 12.1 Å². The SMILES string of the molecule is C=C(ONc1cccc([N+](=O)[O-])c1)C(=O)OC(C)(C)C. The maximum Gasteiger partial charge on any atom is 0.376 e. The zero-order valence-corrected chi connectivity index (χ0v) is 11.5. The molecule has 0 heterocycles. The second-order valence-corrected chi connectivity index (χ2v) is 4.94. The molecule has 0 saturated carbocycles. The molecular formula is C13H16N2O5. The van der Waals surface area contributed by atoms with Crippen molar-refractivity contribution in [3.63, 3.8) is 0 Å². The highest BCUT2D eigenvalue weighted by Crippen LogP contribution is 2.18. The van der Waals surface area contributed by atoms with Crippen LogP contribution in [0.5, 0.6) is 0 Å². The lowest BCUT2D eigenvalue weighted by Gasteiger charge is -2.20. The lowest BCUT2D eigenvalue weighted by Crippen LogP contribution is -2.25. The number of nitrogens with zero attached hydrogens (tertiary/aromatic N) is 1. The molecule has 0 radical (unpaired) electrons. The lowest BCUT2D eigenvalue weighted by atomic mass is 10.2. The number of nitro benzene ring substituents is 1. The van der Waals surface area contributed by atoms with Gasteiger partial charge in [0.2, 0.25) is 5.76 Å². The Labute approximate surface area is 116 Å². The number of nitro groups is 1. The fraction of sp³-hybridized carbons (Fsp3) is 0.308. The van der Waals surface area contributed by atoms with Crippen LogP contribution in [0.4, 0.5) is 11.4 Å². The molecular weight excluding hydrogens is 264 g/mol. The minimum Gasteiger partial charge on any atom is -0.454 e. The van der Waals surface area contributed by atoms with E-state index in [1.54, 1.807) is 26.8 Å². The minimum atomic E-state index is -0.713. The van der Waals surface area contributed by atoms with Gasteiger partial charge in [0.25, 0.3) is 5.69 Å². The summed E-state index contributed by atoms with van der Waals surface area (Å²) in [7, 11) is 0. The Hall–Kier alpha value is -2.57. The van der Waals surface area contributed by atoms with Gasteiger partial charge in [-0.15, -0.1) is 0 Å². The number of anilines is 1. The highest BCUT2D eigenvalue weighted by molar-refractivity contribution is 5.85. The number of nitrogens with one attached hydrogen (secondary N) is 1. The smallest absolute Gasteiger partial charge is 0.376 e. The van der Waals surface area contributed by atoms with Crippen molar-refractivity contribution in [2.75, 3.05) is 5.48 Å². The summed E-state index contributed by atoms with van der Waals surface area (Å²) in [6.07, 6.45) is 0. The molecule has 0 unspecified atom stereocenters. The Balaban J connectivity index is 2.59. The minimum absolute atomic E-state index is 0.0959. The van der Waals surface area contributed by atoms with Crippen molar-refractivity contribution in [1.82, 2.24) is 0 Å². The summed E-state index contributed by atoms with van der Waals surface area (Å²) < 4.78 is 5.04. The van der Waals surface area contributed by atoms with Crippen LogP contribution in [0.15, 0.2) is 36.6 Å². The molecule has 0 aliphatic heterocycles. The first-order valence-electron chi connectivity index (χ1n) is 5.78. The summed E-state index contributed by atoms with van der Waals surface area (Å²) in [5.74, 6) is -0.957. The number of carbonyl (C=O) groups is 1. The summed E-state index contributed by atoms with van der Waals surface area (Å²) in [6, 6.07) is 5.64. The number of rotatable bonds is 5. The summed E-state index contributed by atoms with van der Waals surface area (Å²) in [6.45, 7) is 8.56. The van der Waals surface area contributed by atoms with E-state index in [1.165, 1.54) is 18.2 Å². The summed E-state index contributed by atoms with van der Waals surface area (Å²) >= 11 is 0. The van der Waals surface area contributed by atoms with Gasteiger partial charge in [0.1, 0.15) is 5.60 Å². The number of esters is 1. The molecule has 1 aromatic carbocycles. The van der Waals surface area contributed by atoms with Gasteiger partial charge < -0.3 is 9.57 Å². The van der Waals surface area contributed by atoms with E-state index in [0.717, 1.165) is 0 Å². The van der Waals surface area contributed by atoms with E-state index in [1.807, 2.05) is 0 Å². The maximum atomic E-state index is 11.6. The van der Waals surface area contributed by atoms with Crippen LogP contribution in [0.1, 0.15) is 20.8 Å². The van der Waals surface area contributed by atoms with Gasteiger partial charge >= 0.3 is 5.97 Å². The van der Waals surface area contributed by atoms with Gasteiger partial charge in [-0.3, -0.25) is 10.1 Å². The van der Waals surface area contributed by atoms with Crippen LogP contribution in [-0.4, -0.2) is 16.5 Å². The van der Waals surface area contributed by atoms with Crippen LogP contribution >= 0.6 is 0 Å². The fourth-order valence-corrected chi connectivity index (χ4v) is 1.18. The molecule has 0 fully saturated rings. The molecule has 20 heavy (non-hydrogen) atoms. The number of hydrogen-bond acceptors (Lipinski definition) is 6. The predicted molar refractivity (Wildman–Crippen MR) is 72.8 cm³/mol. The molecule has 7 heteroatoms. The van der Waals surface area contributed by atoms with Gasteiger partial charge in [-0.05, 0) is 33.4 Å². The van der Waals surface area contributed by atoms with Crippen LogP contribution in [0.3, 0.4) is 0 Å². The Morgan fingerprint density at radius 2 is 2.05 bits per heavy atom. The topological polar surface area (TPSA) is 90.7 Å². The maximum absolute atomic E-state index is 11.6. The molecule has 0 spiro atoms. The number of ether oxygens (including phenoxy) is 1. The zero-order valence-electron chi connectivity index (χ0n) is 11.5. The van der Waals surface area contributed by atoms with Gasteiger partial charge in [0, 0.05) is 12.1 Å². The van der Waals surface area contributed by atoms with Crippen molar-refractivity contribution in [2.24, 2.45) is 0 Å². The molecule has 0 aliphatic rings. The molecule has 0 bridgehead atoms. The first kappa shape index (κ1) is 15.5. The van der Waals surface area contributed by atoms with Crippen molar-refractivity contribution in [3.05, 3.63) is 46.7 Å². The predicted octanol–water partition coefficient (Wildman–Crippen LogP) is 2.79. The lowest BCUT2D eigenvalue weighted by molar-refractivity contribution is -0.384. The first-order valence-corrected chi connectivity index (χ1v) is 5.78. The zero-order chi connectivity index (χ0) is 15.3. The van der Waals surface area contributed by atoms with Crippen molar-refractivity contribution >= 4 is 17.3 Å². The van der Waals surface area contributed by atoms with Crippen LogP contribution in [0.2, 0.25) is 0 Å². The van der Waals surface area contributed by atoms with Crippen molar-refractivity contribution in [2.45, 2.75) is 26.4 Å². The highest BCUT2D eigenvalue weighted by atomic mass is 16.7. The van der Waals surface area contributed by atoms with Crippen LogP contribution in [0.25, 0.3) is 0 Å². The van der Waals surface area contributed by atoms with Crippen LogP contribution < -0.4 is 5.48 Å². The average molecular weight is 280 g/mol. The van der Waals surface area contributed by atoms with E-state index < -0.39 is 16.5 Å². The first-order chi connectivity index (χ1) is 9.19. The van der Waals surface area contributed by atoms with Crippen LogP contribution in [-0.2, 0) is 14.4 Å². The standard InChI is InChI=1S/C13H16N2O5/c1-9(12(16)19-13(2,3)4)20-14-10-6-5-7-11(8-10)15(17)18/h5-8,14H,1H2,2-4H3. The van der Waals surface area contributed by atoms with Gasteiger partial charge in [-0.2, -0.15) is 0 Å². The summed E-state index contributed by atoms with van der Waals surface area (Å²) in [5, 5.41) is 10.6. The molecule has 1 rings (SSSR count). The number of non-ortho nitro benzene ring substituents is 1. The van der Waals surface area contributed by atoms with E-state index >= 15 is 0 Å². The molecule has 1 aromatic rings. The second-order valence-electron chi connectivity index (χ2n) is 4.94. The highest BCUT2D eigenvalue weighted by Gasteiger charge is 2.20. The second kappa shape index (κ2) is 6.05. The molecule has 7 nitrogen and oxygen atoms in total. The summed E-state index contributed by atoms with van der Waals surface area (Å²) in [4.78, 5) is 26.6.